The Balaban J connectivity index is 1.92. The number of halogens is 4. The number of benzene rings is 1. The number of aliphatic imine (C=N–C) groups is 1. The highest BCUT2D eigenvalue weighted by Gasteiger charge is 2.31. The molecule has 2 rings (SSSR count). The van der Waals surface area contributed by atoms with E-state index in [1.165, 1.54) is 0 Å². The van der Waals surface area contributed by atoms with Crippen LogP contribution in [0.1, 0.15) is 18.4 Å². The first kappa shape index (κ1) is 21.8. The molecule has 0 aliphatic carbocycles. The van der Waals surface area contributed by atoms with Crippen molar-refractivity contribution >= 4 is 52.0 Å². The van der Waals surface area contributed by atoms with E-state index in [0.29, 0.717) is 6.07 Å². The fourth-order valence-corrected chi connectivity index (χ4v) is 2.73. The summed E-state index contributed by atoms with van der Waals surface area (Å²) in [7, 11) is 0. The Morgan fingerprint density at radius 1 is 1.32 bits per heavy atom. The van der Waals surface area contributed by atoms with Gasteiger partial charge in [-0.05, 0) is 24.6 Å². The lowest BCUT2D eigenvalue weighted by molar-refractivity contribution is -0.138. The normalized spacial score (nSPS) is 16.6. The predicted octanol–water partition coefficient (Wildman–Crippen LogP) is 3.61. The number of anilines is 1. The van der Waals surface area contributed by atoms with Crippen molar-refractivity contribution in [1.82, 2.24) is 0 Å². The van der Waals surface area contributed by atoms with Gasteiger partial charge in [-0.2, -0.15) is 23.3 Å². The summed E-state index contributed by atoms with van der Waals surface area (Å²) < 4.78 is 38.2. The van der Waals surface area contributed by atoms with Gasteiger partial charge in [-0.1, -0.05) is 23.4 Å². The molecule has 1 atom stereocenters. The van der Waals surface area contributed by atoms with Crippen molar-refractivity contribution in [2.24, 2.45) is 15.2 Å². The molecule has 0 fully saturated rings. The smallest absolute Gasteiger partial charge is 0.416 e. The van der Waals surface area contributed by atoms with E-state index in [9.17, 15) is 27.6 Å². The molecule has 28 heavy (non-hydrogen) atoms. The van der Waals surface area contributed by atoms with Crippen LogP contribution in [0.2, 0.25) is 5.02 Å². The van der Waals surface area contributed by atoms with Gasteiger partial charge in [-0.3, -0.25) is 14.4 Å². The molecule has 13 heteroatoms. The average Bonchev–Trinajstić information content (AvgIpc) is 2.60. The van der Waals surface area contributed by atoms with Crippen LogP contribution < -0.4 is 5.32 Å². The average molecular weight is 437 g/mol. The summed E-state index contributed by atoms with van der Waals surface area (Å²) in [6.07, 6.45) is -4.91. The van der Waals surface area contributed by atoms with E-state index < -0.39 is 35.6 Å². The Morgan fingerprint density at radius 2 is 2.04 bits per heavy atom. The lowest BCUT2D eigenvalue weighted by Gasteiger charge is -2.12. The number of thioether (sulfide) groups is 1. The number of carboxylic acids is 1. The van der Waals surface area contributed by atoms with Crippen molar-refractivity contribution < 1.29 is 32.7 Å². The molecule has 0 aromatic heterocycles. The van der Waals surface area contributed by atoms with Gasteiger partial charge in [0.1, 0.15) is 0 Å². The van der Waals surface area contributed by atoms with E-state index in [2.05, 4.69) is 20.5 Å². The lowest BCUT2D eigenvalue weighted by Crippen LogP contribution is -2.22. The number of carboxylic acid groups (broad SMARTS) is 1. The predicted molar refractivity (Wildman–Crippen MR) is 95.5 cm³/mol. The van der Waals surface area contributed by atoms with E-state index >= 15 is 0 Å². The number of azo groups is 1. The summed E-state index contributed by atoms with van der Waals surface area (Å²) in [5.74, 6) is -2.76. The summed E-state index contributed by atoms with van der Waals surface area (Å²) in [4.78, 5) is 37.8. The number of carbonyl (C=O) groups excluding carboxylic acids is 2. The molecule has 1 aromatic rings. The van der Waals surface area contributed by atoms with E-state index in [1.807, 2.05) is 0 Å². The van der Waals surface area contributed by atoms with Crippen LogP contribution in [0.15, 0.2) is 33.4 Å². The number of rotatable bonds is 6. The fraction of sp³-hybridized carbons (Fsp3) is 0.333. The quantitative estimate of drug-likeness (QED) is 0.705. The van der Waals surface area contributed by atoms with Gasteiger partial charge >= 0.3 is 12.1 Å². The van der Waals surface area contributed by atoms with Crippen molar-refractivity contribution in [3.05, 3.63) is 28.8 Å². The third-order valence-electron chi connectivity index (χ3n) is 3.31. The van der Waals surface area contributed by atoms with Gasteiger partial charge in [0.05, 0.1) is 22.0 Å². The number of nitrogens with one attached hydrogen (secondary N) is 1. The van der Waals surface area contributed by atoms with Crippen LogP contribution in [-0.4, -0.2) is 39.9 Å². The number of hydrogen-bond donors (Lipinski definition) is 2. The Labute approximate surface area is 165 Å². The molecule has 0 saturated carbocycles. The van der Waals surface area contributed by atoms with Crippen molar-refractivity contribution in [1.29, 1.82) is 0 Å². The van der Waals surface area contributed by atoms with Crippen LogP contribution in [0.4, 0.5) is 18.9 Å². The molecular formula is C15H12ClF3N4O4S. The molecule has 150 valence electrons. The zero-order chi connectivity index (χ0) is 20.9. The minimum absolute atomic E-state index is 0.0480. The molecule has 1 unspecified atom stereocenters. The first-order chi connectivity index (χ1) is 13.1. The first-order valence-electron chi connectivity index (χ1n) is 7.61. The number of alkyl halides is 3. The van der Waals surface area contributed by atoms with Crippen molar-refractivity contribution in [2.75, 3.05) is 11.1 Å². The minimum Gasteiger partial charge on any atom is -0.481 e. The summed E-state index contributed by atoms with van der Waals surface area (Å²) >= 11 is 6.54. The minimum atomic E-state index is -4.59. The second-order valence-corrected chi connectivity index (χ2v) is 6.78. The van der Waals surface area contributed by atoms with Crippen molar-refractivity contribution in [3.63, 3.8) is 0 Å². The molecule has 1 aliphatic heterocycles. The fourth-order valence-electron chi connectivity index (χ4n) is 1.98. The summed E-state index contributed by atoms with van der Waals surface area (Å²) in [5.41, 5.74) is -1.18. The van der Waals surface area contributed by atoms with Crippen LogP contribution in [0.5, 0.6) is 0 Å². The SMILES string of the molecule is O=C(O)CCC1N=NC(SCC(=O)Nc2cc(C(F)(F)F)ccc2Cl)=NC1=O. The molecule has 0 saturated heterocycles. The third-order valence-corrected chi connectivity index (χ3v) is 4.47. The monoisotopic (exact) mass is 436 g/mol. The van der Waals surface area contributed by atoms with Crippen LogP contribution in [0, 0.1) is 0 Å². The van der Waals surface area contributed by atoms with Crippen LogP contribution in [0.3, 0.4) is 0 Å². The summed E-state index contributed by atoms with van der Waals surface area (Å²) in [6, 6.07) is 1.52. The molecule has 1 heterocycles. The number of carbonyl (C=O) groups is 3. The number of aliphatic carboxylic acids is 1. The molecular weight excluding hydrogens is 425 g/mol. The largest absolute Gasteiger partial charge is 0.481 e. The van der Waals surface area contributed by atoms with Crippen molar-refractivity contribution in [3.8, 4) is 0 Å². The molecule has 2 amide bonds. The van der Waals surface area contributed by atoms with Gasteiger partial charge in [0.2, 0.25) is 11.1 Å². The number of nitrogens with zero attached hydrogens (tertiary/aromatic N) is 3. The highest BCUT2D eigenvalue weighted by molar-refractivity contribution is 8.14. The molecule has 0 bridgehead atoms. The van der Waals surface area contributed by atoms with E-state index in [0.717, 1.165) is 23.9 Å². The Bertz CT molecular complexity index is 860. The third kappa shape index (κ3) is 6.30. The van der Waals surface area contributed by atoms with Crippen molar-refractivity contribution in [2.45, 2.75) is 25.1 Å². The lowest BCUT2D eigenvalue weighted by atomic mass is 10.1. The zero-order valence-electron chi connectivity index (χ0n) is 13.9. The van der Waals surface area contributed by atoms with Gasteiger partial charge < -0.3 is 10.4 Å². The first-order valence-corrected chi connectivity index (χ1v) is 8.97. The topological polar surface area (TPSA) is 121 Å². The van der Waals surface area contributed by atoms with E-state index in [-0.39, 0.29) is 34.5 Å². The number of amidine groups is 1. The maximum Gasteiger partial charge on any atom is 0.416 e. The van der Waals surface area contributed by atoms with Gasteiger partial charge in [0.25, 0.3) is 5.91 Å². The van der Waals surface area contributed by atoms with Gasteiger partial charge in [0, 0.05) is 6.42 Å². The van der Waals surface area contributed by atoms with Crippen LogP contribution in [0.25, 0.3) is 0 Å². The molecule has 2 N–H and O–H groups in total. The maximum atomic E-state index is 12.7. The zero-order valence-corrected chi connectivity index (χ0v) is 15.4. The molecule has 8 nitrogen and oxygen atoms in total. The Hall–Kier alpha value is -2.47. The Morgan fingerprint density at radius 3 is 2.64 bits per heavy atom. The molecule has 0 spiro atoms. The van der Waals surface area contributed by atoms with E-state index in [4.69, 9.17) is 16.7 Å². The summed E-state index contributed by atoms with van der Waals surface area (Å²) in [6.45, 7) is 0. The van der Waals surface area contributed by atoms with Crippen LogP contribution >= 0.6 is 23.4 Å². The summed E-state index contributed by atoms with van der Waals surface area (Å²) in [5, 5.41) is 18.0. The molecule has 1 aromatic carbocycles. The standard InChI is InChI=1S/C15H12ClF3N4O4S/c16-8-2-1-7(15(17,18)19)5-10(8)20-11(24)6-28-14-21-13(27)9(22-23-14)3-4-12(25)26/h1-2,5,9H,3-4,6H2,(H,20,24)(H,25,26). The van der Waals surface area contributed by atoms with Gasteiger partial charge in [-0.25, -0.2) is 0 Å². The highest BCUT2D eigenvalue weighted by Crippen LogP contribution is 2.33. The Kier molecular flexibility index (Phi) is 7.13. The number of amides is 2. The highest BCUT2D eigenvalue weighted by atomic mass is 35.5. The molecule has 1 aliphatic rings. The van der Waals surface area contributed by atoms with Gasteiger partial charge in [0.15, 0.2) is 6.04 Å². The number of hydrogen-bond acceptors (Lipinski definition) is 6. The second-order valence-electron chi connectivity index (χ2n) is 5.43. The van der Waals surface area contributed by atoms with E-state index in [1.54, 1.807) is 0 Å². The maximum absolute atomic E-state index is 12.7. The second kappa shape index (κ2) is 9.15. The van der Waals surface area contributed by atoms with Gasteiger partial charge in [-0.15, -0.1) is 5.11 Å². The van der Waals surface area contributed by atoms with Crippen LogP contribution in [-0.2, 0) is 20.6 Å². The molecule has 0 radical (unpaired) electrons.